The average Bonchev–Trinajstić information content (AvgIpc) is 2.30. The Hall–Kier alpha value is -1.06. The Morgan fingerprint density at radius 1 is 1.18 bits per heavy atom. The van der Waals surface area contributed by atoms with Gasteiger partial charge in [-0.2, -0.15) is 0 Å². The van der Waals surface area contributed by atoms with E-state index in [1.54, 1.807) is 7.11 Å². The Bertz CT molecular complexity index is 319. The third-order valence-corrected chi connectivity index (χ3v) is 2.77. The quantitative estimate of drug-likeness (QED) is 0.828. The Morgan fingerprint density at radius 2 is 1.76 bits per heavy atom. The van der Waals surface area contributed by atoms with Crippen molar-refractivity contribution in [1.29, 1.82) is 0 Å². The molecule has 1 aromatic rings. The first-order valence-corrected chi connectivity index (χ1v) is 6.03. The number of methoxy groups -OCH3 is 1. The Morgan fingerprint density at radius 3 is 2.18 bits per heavy atom. The van der Waals surface area contributed by atoms with Crippen molar-refractivity contribution in [2.45, 2.75) is 33.0 Å². The van der Waals surface area contributed by atoms with Crippen molar-refractivity contribution in [2.75, 3.05) is 13.7 Å². The van der Waals surface area contributed by atoms with E-state index in [1.807, 2.05) is 45.0 Å². The highest BCUT2D eigenvalue weighted by atomic mass is 16.5. The van der Waals surface area contributed by atoms with E-state index >= 15 is 0 Å². The summed E-state index contributed by atoms with van der Waals surface area (Å²) in [6.07, 6.45) is -0.788. The first-order chi connectivity index (χ1) is 8.10. The minimum absolute atomic E-state index is 0.187. The van der Waals surface area contributed by atoms with Gasteiger partial charge in [0.1, 0.15) is 11.9 Å². The minimum Gasteiger partial charge on any atom is -0.494 e. The van der Waals surface area contributed by atoms with Gasteiger partial charge in [-0.1, -0.05) is 26.0 Å². The van der Waals surface area contributed by atoms with Gasteiger partial charge in [-0.25, -0.2) is 0 Å². The molecule has 0 aliphatic rings. The zero-order chi connectivity index (χ0) is 12.8. The Balaban J connectivity index is 2.77. The van der Waals surface area contributed by atoms with Crippen molar-refractivity contribution >= 4 is 0 Å². The highest BCUT2D eigenvalue weighted by molar-refractivity contribution is 5.29. The summed E-state index contributed by atoms with van der Waals surface area (Å²) >= 11 is 0. The van der Waals surface area contributed by atoms with Gasteiger partial charge in [-0.15, -0.1) is 0 Å². The van der Waals surface area contributed by atoms with Gasteiger partial charge in [0, 0.05) is 7.11 Å². The number of hydrogen-bond acceptors (Lipinski definition) is 3. The van der Waals surface area contributed by atoms with E-state index in [0.717, 1.165) is 11.3 Å². The van der Waals surface area contributed by atoms with Gasteiger partial charge in [0.05, 0.1) is 12.7 Å². The third kappa shape index (κ3) is 3.72. The van der Waals surface area contributed by atoms with E-state index in [9.17, 15) is 5.11 Å². The van der Waals surface area contributed by atoms with Crippen molar-refractivity contribution in [2.24, 2.45) is 5.92 Å². The maximum absolute atomic E-state index is 10.2. The minimum atomic E-state index is -0.601. The molecule has 0 aliphatic heterocycles. The SMILES string of the molecule is CCOc1ccc(C(O)C(OC)C(C)C)cc1. The number of aliphatic hydroxyl groups is 1. The van der Waals surface area contributed by atoms with Crippen molar-refractivity contribution in [3.63, 3.8) is 0 Å². The van der Waals surface area contributed by atoms with Crippen LogP contribution in [-0.4, -0.2) is 24.9 Å². The largest absolute Gasteiger partial charge is 0.494 e. The van der Waals surface area contributed by atoms with E-state index in [4.69, 9.17) is 9.47 Å². The van der Waals surface area contributed by atoms with Crippen LogP contribution in [0.4, 0.5) is 0 Å². The molecule has 3 heteroatoms. The van der Waals surface area contributed by atoms with Gasteiger partial charge in [0.15, 0.2) is 0 Å². The number of rotatable bonds is 6. The molecule has 0 bridgehead atoms. The van der Waals surface area contributed by atoms with E-state index in [-0.39, 0.29) is 12.0 Å². The van der Waals surface area contributed by atoms with E-state index in [1.165, 1.54) is 0 Å². The maximum Gasteiger partial charge on any atom is 0.119 e. The first-order valence-electron chi connectivity index (χ1n) is 6.03. The van der Waals surface area contributed by atoms with Gasteiger partial charge in [-0.05, 0) is 30.5 Å². The van der Waals surface area contributed by atoms with Crippen LogP contribution in [0.3, 0.4) is 0 Å². The lowest BCUT2D eigenvalue weighted by molar-refractivity contribution is -0.0390. The fraction of sp³-hybridized carbons (Fsp3) is 0.571. The maximum atomic E-state index is 10.2. The highest BCUT2D eigenvalue weighted by Gasteiger charge is 2.23. The summed E-state index contributed by atoms with van der Waals surface area (Å²) in [6.45, 7) is 6.66. The van der Waals surface area contributed by atoms with Gasteiger partial charge in [0.25, 0.3) is 0 Å². The molecular formula is C14H22O3. The van der Waals surface area contributed by atoms with Gasteiger partial charge >= 0.3 is 0 Å². The van der Waals surface area contributed by atoms with Crippen molar-refractivity contribution in [3.8, 4) is 5.75 Å². The Kier molecular flexibility index (Phi) is 5.45. The van der Waals surface area contributed by atoms with Crippen LogP contribution >= 0.6 is 0 Å². The molecule has 0 spiro atoms. The summed E-state index contributed by atoms with van der Waals surface area (Å²) in [7, 11) is 1.63. The molecule has 1 aromatic carbocycles. The summed E-state index contributed by atoms with van der Waals surface area (Å²) in [5.41, 5.74) is 0.856. The molecule has 0 saturated carbocycles. The number of hydrogen-bond donors (Lipinski definition) is 1. The van der Waals surface area contributed by atoms with Crippen LogP contribution in [0.2, 0.25) is 0 Å². The number of benzene rings is 1. The molecule has 0 fully saturated rings. The fourth-order valence-electron chi connectivity index (χ4n) is 1.88. The van der Waals surface area contributed by atoms with E-state index in [0.29, 0.717) is 6.61 Å². The molecule has 0 radical (unpaired) electrons. The molecule has 0 amide bonds. The fourth-order valence-corrected chi connectivity index (χ4v) is 1.88. The van der Waals surface area contributed by atoms with Crippen molar-refractivity contribution in [3.05, 3.63) is 29.8 Å². The standard InChI is InChI=1S/C14H22O3/c1-5-17-12-8-6-11(7-9-12)13(15)14(16-4)10(2)3/h6-10,13-15H,5H2,1-4H3. The molecule has 2 atom stereocenters. The highest BCUT2D eigenvalue weighted by Crippen LogP contribution is 2.25. The van der Waals surface area contributed by atoms with Crippen molar-refractivity contribution in [1.82, 2.24) is 0 Å². The topological polar surface area (TPSA) is 38.7 Å². The van der Waals surface area contributed by atoms with E-state index < -0.39 is 6.10 Å². The molecule has 0 saturated heterocycles. The first kappa shape index (κ1) is 14.0. The van der Waals surface area contributed by atoms with Gasteiger partial charge < -0.3 is 14.6 Å². The predicted molar refractivity (Wildman–Crippen MR) is 68.2 cm³/mol. The van der Waals surface area contributed by atoms with Crippen LogP contribution in [0.1, 0.15) is 32.4 Å². The molecular weight excluding hydrogens is 216 g/mol. The smallest absolute Gasteiger partial charge is 0.119 e. The second-order valence-electron chi connectivity index (χ2n) is 4.39. The van der Waals surface area contributed by atoms with Crippen molar-refractivity contribution < 1.29 is 14.6 Å². The second-order valence-corrected chi connectivity index (χ2v) is 4.39. The molecule has 0 heterocycles. The van der Waals surface area contributed by atoms with Crippen LogP contribution < -0.4 is 4.74 Å². The molecule has 0 aromatic heterocycles. The lowest BCUT2D eigenvalue weighted by Gasteiger charge is -2.25. The monoisotopic (exact) mass is 238 g/mol. The summed E-state index contributed by atoms with van der Waals surface area (Å²) in [5.74, 6) is 1.09. The molecule has 1 N–H and O–H groups in total. The molecule has 17 heavy (non-hydrogen) atoms. The average molecular weight is 238 g/mol. The molecule has 3 nitrogen and oxygen atoms in total. The van der Waals surface area contributed by atoms with Gasteiger partial charge in [0.2, 0.25) is 0 Å². The van der Waals surface area contributed by atoms with Crippen LogP contribution in [0.5, 0.6) is 5.75 Å². The predicted octanol–water partition coefficient (Wildman–Crippen LogP) is 2.79. The molecule has 0 aliphatic carbocycles. The molecule has 96 valence electrons. The zero-order valence-electron chi connectivity index (χ0n) is 11.0. The third-order valence-electron chi connectivity index (χ3n) is 2.77. The van der Waals surface area contributed by atoms with E-state index in [2.05, 4.69) is 0 Å². The van der Waals surface area contributed by atoms with Gasteiger partial charge in [-0.3, -0.25) is 0 Å². The normalized spacial score (nSPS) is 14.7. The van der Waals surface area contributed by atoms with Crippen LogP contribution in [-0.2, 0) is 4.74 Å². The lowest BCUT2D eigenvalue weighted by Crippen LogP contribution is -2.26. The second kappa shape index (κ2) is 6.62. The summed E-state index contributed by atoms with van der Waals surface area (Å²) in [5, 5.41) is 10.2. The summed E-state index contributed by atoms with van der Waals surface area (Å²) < 4.78 is 10.7. The zero-order valence-corrected chi connectivity index (χ0v) is 11.0. The Labute approximate surface area is 103 Å². The lowest BCUT2D eigenvalue weighted by atomic mass is 9.96. The number of aliphatic hydroxyl groups excluding tert-OH is 1. The summed E-state index contributed by atoms with van der Waals surface area (Å²) in [6, 6.07) is 7.50. The summed E-state index contributed by atoms with van der Waals surface area (Å²) in [4.78, 5) is 0. The molecule has 1 rings (SSSR count). The van der Waals surface area contributed by atoms with Crippen LogP contribution in [0, 0.1) is 5.92 Å². The number of ether oxygens (including phenoxy) is 2. The van der Waals surface area contributed by atoms with Crippen LogP contribution in [0.15, 0.2) is 24.3 Å². The van der Waals surface area contributed by atoms with Crippen LogP contribution in [0.25, 0.3) is 0 Å². The molecule has 2 unspecified atom stereocenters.